The SMILES string of the molecule is CCOC(=O)C1=C(C)NC(C2CC2c2ccc(O)cc2)=C(C(=O)OCC)C1c1cccc([N+](=O)[O-])c1. The molecule has 3 atom stereocenters. The summed E-state index contributed by atoms with van der Waals surface area (Å²) < 4.78 is 10.7. The van der Waals surface area contributed by atoms with Crippen molar-refractivity contribution in [2.75, 3.05) is 13.2 Å². The van der Waals surface area contributed by atoms with E-state index in [9.17, 15) is 24.8 Å². The van der Waals surface area contributed by atoms with E-state index in [-0.39, 0.29) is 47.6 Å². The number of phenols is 1. The molecule has 9 heteroatoms. The summed E-state index contributed by atoms with van der Waals surface area (Å²) >= 11 is 0. The Bertz CT molecular complexity index is 1260. The Labute approximate surface area is 208 Å². The number of carbonyl (C=O) groups is 2. The number of non-ortho nitro benzene ring substituents is 1. The van der Waals surface area contributed by atoms with E-state index in [0.717, 1.165) is 12.0 Å². The first-order valence-corrected chi connectivity index (χ1v) is 11.9. The highest BCUT2D eigenvalue weighted by molar-refractivity contribution is 6.00. The lowest BCUT2D eigenvalue weighted by Crippen LogP contribution is -2.34. The summed E-state index contributed by atoms with van der Waals surface area (Å²) in [7, 11) is 0. The van der Waals surface area contributed by atoms with Gasteiger partial charge in [-0.1, -0.05) is 24.3 Å². The van der Waals surface area contributed by atoms with E-state index < -0.39 is 22.8 Å². The van der Waals surface area contributed by atoms with Gasteiger partial charge in [-0.2, -0.15) is 0 Å². The second-order valence-electron chi connectivity index (χ2n) is 8.76. The molecule has 1 saturated carbocycles. The number of benzene rings is 2. The Morgan fingerprint density at radius 2 is 1.64 bits per heavy atom. The third-order valence-corrected chi connectivity index (χ3v) is 6.48. The molecule has 0 spiro atoms. The number of hydrogen-bond acceptors (Lipinski definition) is 8. The molecule has 1 aliphatic heterocycles. The Morgan fingerprint density at radius 3 is 2.25 bits per heavy atom. The predicted molar refractivity (Wildman–Crippen MR) is 131 cm³/mol. The smallest absolute Gasteiger partial charge is 0.336 e. The Hall–Kier alpha value is -4.14. The molecule has 0 amide bonds. The number of ether oxygens (including phenoxy) is 2. The van der Waals surface area contributed by atoms with Crippen LogP contribution < -0.4 is 5.32 Å². The summed E-state index contributed by atoms with van der Waals surface area (Å²) in [5.74, 6) is -1.90. The number of nitrogens with one attached hydrogen (secondary N) is 1. The molecule has 0 bridgehead atoms. The summed E-state index contributed by atoms with van der Waals surface area (Å²) in [6.07, 6.45) is 0.750. The lowest BCUT2D eigenvalue weighted by Gasteiger charge is -2.32. The first-order chi connectivity index (χ1) is 17.3. The molecule has 1 heterocycles. The third kappa shape index (κ3) is 4.82. The van der Waals surface area contributed by atoms with Crippen molar-refractivity contribution < 1.29 is 29.1 Å². The third-order valence-electron chi connectivity index (χ3n) is 6.48. The van der Waals surface area contributed by atoms with Crippen molar-refractivity contribution in [1.29, 1.82) is 0 Å². The fourth-order valence-electron chi connectivity index (χ4n) is 4.82. The van der Waals surface area contributed by atoms with E-state index in [2.05, 4.69) is 5.32 Å². The summed E-state index contributed by atoms with van der Waals surface area (Å²) in [4.78, 5) is 37.5. The molecule has 2 aromatic carbocycles. The first-order valence-electron chi connectivity index (χ1n) is 11.9. The molecule has 1 fully saturated rings. The molecule has 1 aliphatic carbocycles. The van der Waals surface area contributed by atoms with E-state index in [1.54, 1.807) is 39.0 Å². The van der Waals surface area contributed by atoms with Gasteiger partial charge in [0.25, 0.3) is 5.69 Å². The number of nitro groups is 1. The van der Waals surface area contributed by atoms with Gasteiger partial charge in [0.1, 0.15) is 5.75 Å². The number of carbonyl (C=O) groups excluding carboxylic acids is 2. The van der Waals surface area contributed by atoms with E-state index >= 15 is 0 Å². The van der Waals surface area contributed by atoms with Crippen molar-refractivity contribution in [3.8, 4) is 5.75 Å². The lowest BCUT2D eigenvalue weighted by molar-refractivity contribution is -0.384. The molecule has 0 radical (unpaired) electrons. The Balaban J connectivity index is 1.87. The zero-order chi connectivity index (χ0) is 26.0. The second kappa shape index (κ2) is 10.2. The van der Waals surface area contributed by atoms with Crippen LogP contribution in [0.3, 0.4) is 0 Å². The largest absolute Gasteiger partial charge is 0.508 e. The van der Waals surface area contributed by atoms with Gasteiger partial charge in [-0.05, 0) is 56.4 Å². The van der Waals surface area contributed by atoms with Crippen molar-refractivity contribution >= 4 is 17.6 Å². The van der Waals surface area contributed by atoms with Gasteiger partial charge < -0.3 is 19.9 Å². The zero-order valence-electron chi connectivity index (χ0n) is 20.3. The van der Waals surface area contributed by atoms with E-state index in [1.165, 1.54) is 18.2 Å². The van der Waals surface area contributed by atoms with Crippen LogP contribution in [0.1, 0.15) is 50.2 Å². The predicted octanol–water partition coefficient (Wildman–Crippen LogP) is 4.45. The van der Waals surface area contributed by atoms with Crippen molar-refractivity contribution in [1.82, 2.24) is 5.32 Å². The first kappa shape index (κ1) is 25.0. The molecule has 0 aromatic heterocycles. The molecule has 36 heavy (non-hydrogen) atoms. The maximum Gasteiger partial charge on any atom is 0.336 e. The zero-order valence-corrected chi connectivity index (χ0v) is 20.3. The van der Waals surface area contributed by atoms with Crippen LogP contribution in [-0.2, 0) is 19.1 Å². The van der Waals surface area contributed by atoms with Gasteiger partial charge >= 0.3 is 11.9 Å². The maximum absolute atomic E-state index is 13.4. The minimum Gasteiger partial charge on any atom is -0.508 e. The fourth-order valence-corrected chi connectivity index (χ4v) is 4.82. The highest BCUT2D eigenvalue weighted by Crippen LogP contribution is 2.55. The van der Waals surface area contributed by atoms with Crippen molar-refractivity contribution in [3.05, 3.63) is 92.3 Å². The van der Waals surface area contributed by atoms with Gasteiger partial charge in [0.05, 0.1) is 35.2 Å². The van der Waals surface area contributed by atoms with Crippen molar-refractivity contribution in [2.45, 2.75) is 39.0 Å². The molecule has 2 aromatic rings. The molecule has 0 saturated heterocycles. The van der Waals surface area contributed by atoms with Gasteiger partial charge in [-0.3, -0.25) is 10.1 Å². The maximum atomic E-state index is 13.4. The molecular formula is C27H28N2O7. The van der Waals surface area contributed by atoms with Crippen molar-refractivity contribution in [3.63, 3.8) is 0 Å². The molecular weight excluding hydrogens is 464 g/mol. The van der Waals surface area contributed by atoms with Crippen LogP contribution >= 0.6 is 0 Å². The number of nitro benzene ring substituents is 1. The number of phenolic OH excluding ortho intramolecular Hbond substituents is 1. The lowest BCUT2D eigenvalue weighted by atomic mass is 9.79. The monoisotopic (exact) mass is 492 g/mol. The molecule has 188 valence electrons. The van der Waals surface area contributed by atoms with Gasteiger partial charge in [0.2, 0.25) is 0 Å². The van der Waals surface area contributed by atoms with E-state index in [0.29, 0.717) is 17.0 Å². The number of hydrogen-bond donors (Lipinski definition) is 2. The van der Waals surface area contributed by atoms with Crippen LogP contribution in [-0.4, -0.2) is 35.2 Å². The number of nitrogens with zero attached hydrogens (tertiary/aromatic N) is 1. The quantitative estimate of drug-likeness (QED) is 0.314. The molecule has 4 rings (SSSR count). The van der Waals surface area contributed by atoms with Gasteiger partial charge in [-0.15, -0.1) is 0 Å². The molecule has 2 aliphatic rings. The van der Waals surface area contributed by atoms with Crippen LogP contribution in [0.15, 0.2) is 71.1 Å². The highest BCUT2D eigenvalue weighted by atomic mass is 16.6. The highest BCUT2D eigenvalue weighted by Gasteiger charge is 2.48. The minimum absolute atomic E-state index is 0.0613. The van der Waals surface area contributed by atoms with Gasteiger partial charge in [0, 0.05) is 29.4 Å². The van der Waals surface area contributed by atoms with Crippen LogP contribution in [0.2, 0.25) is 0 Å². The average molecular weight is 493 g/mol. The topological polar surface area (TPSA) is 128 Å². The summed E-state index contributed by atoms with van der Waals surface area (Å²) in [5.41, 5.74) is 2.90. The number of rotatable bonds is 8. The summed E-state index contributed by atoms with van der Waals surface area (Å²) in [6, 6.07) is 12.9. The summed E-state index contributed by atoms with van der Waals surface area (Å²) in [5, 5.41) is 24.4. The number of dihydropyridines is 1. The molecule has 2 N–H and O–H groups in total. The van der Waals surface area contributed by atoms with Gasteiger partial charge in [0.15, 0.2) is 0 Å². The number of aromatic hydroxyl groups is 1. The Kier molecular flexibility index (Phi) is 7.10. The second-order valence-corrected chi connectivity index (χ2v) is 8.76. The normalized spacial score (nSPS) is 21.0. The van der Waals surface area contributed by atoms with Gasteiger partial charge in [-0.25, -0.2) is 9.59 Å². The van der Waals surface area contributed by atoms with Crippen molar-refractivity contribution in [2.24, 2.45) is 5.92 Å². The number of allylic oxidation sites excluding steroid dienone is 2. The van der Waals surface area contributed by atoms with Crippen LogP contribution in [0.5, 0.6) is 5.75 Å². The van der Waals surface area contributed by atoms with Crippen LogP contribution in [0, 0.1) is 16.0 Å². The number of esters is 2. The van der Waals surface area contributed by atoms with Crippen LogP contribution in [0.25, 0.3) is 0 Å². The minimum atomic E-state index is -0.902. The fraction of sp³-hybridized carbons (Fsp3) is 0.333. The standard InChI is InChI=1S/C27H28N2O7/c1-4-35-26(31)22-15(3)28-25(21-14-20(21)16-9-11-19(30)12-10-16)24(27(32)36-5-2)23(22)17-7-6-8-18(13-17)29(33)34/h6-13,20-21,23,28,30H,4-5,14H2,1-3H3. The Morgan fingerprint density at radius 1 is 1.00 bits per heavy atom. The summed E-state index contributed by atoms with van der Waals surface area (Å²) in [6.45, 7) is 5.37. The van der Waals surface area contributed by atoms with E-state index in [1.807, 2.05) is 12.1 Å². The average Bonchev–Trinajstić information content (AvgIpc) is 3.65. The molecule has 3 unspecified atom stereocenters. The van der Waals surface area contributed by atoms with E-state index in [4.69, 9.17) is 9.47 Å². The molecule has 9 nitrogen and oxygen atoms in total. The van der Waals surface area contributed by atoms with Crippen LogP contribution in [0.4, 0.5) is 5.69 Å².